The van der Waals surface area contributed by atoms with Crippen LogP contribution in [0.3, 0.4) is 0 Å². The average Bonchev–Trinajstić information content (AvgIpc) is 3.13. The summed E-state index contributed by atoms with van der Waals surface area (Å²) < 4.78 is 42.9. The molecular formula is C14H13F3N2O. The molecular weight excluding hydrogens is 269 g/mol. The molecule has 0 aliphatic heterocycles. The fourth-order valence-electron chi connectivity index (χ4n) is 1.87. The van der Waals surface area contributed by atoms with E-state index in [-0.39, 0.29) is 0 Å². The summed E-state index contributed by atoms with van der Waals surface area (Å²) in [6.07, 6.45) is -0.440. The Morgan fingerprint density at radius 2 is 1.90 bits per heavy atom. The van der Waals surface area contributed by atoms with Crippen LogP contribution in [0.15, 0.2) is 34.9 Å². The fraction of sp³-hybridized carbons (Fsp3) is 0.357. The third kappa shape index (κ3) is 3.01. The molecule has 0 bridgehead atoms. The summed E-state index contributed by atoms with van der Waals surface area (Å²) in [6.45, 7) is 0.547. The van der Waals surface area contributed by atoms with Gasteiger partial charge in [0.15, 0.2) is 5.76 Å². The van der Waals surface area contributed by atoms with Crippen LogP contribution in [-0.4, -0.2) is 11.0 Å². The molecule has 0 spiro atoms. The van der Waals surface area contributed by atoms with E-state index in [1.165, 1.54) is 31.2 Å². The number of hydrogen-bond donors (Lipinski definition) is 1. The van der Waals surface area contributed by atoms with E-state index in [0.29, 0.717) is 29.8 Å². The summed E-state index contributed by atoms with van der Waals surface area (Å²) in [5.41, 5.74) is -0.0837. The fourth-order valence-corrected chi connectivity index (χ4v) is 1.87. The predicted octanol–water partition coefficient (Wildman–Crippen LogP) is 3.61. The number of oxazole rings is 1. The van der Waals surface area contributed by atoms with Gasteiger partial charge in [-0.3, -0.25) is 0 Å². The molecule has 3 rings (SSSR count). The molecule has 0 atom stereocenters. The van der Waals surface area contributed by atoms with E-state index in [2.05, 4.69) is 10.3 Å². The number of aromatic nitrogens is 1. The molecule has 1 aromatic carbocycles. The van der Waals surface area contributed by atoms with Crippen molar-refractivity contribution in [2.24, 2.45) is 0 Å². The average molecular weight is 282 g/mol. The standard InChI is InChI=1S/C14H13F3N2O/c15-14(16,17)10-3-1-9(2-4-10)12-7-19-13(20-12)8-18-11-5-6-11/h1-4,7,11,18H,5-6,8H2. The Hall–Kier alpha value is -1.82. The molecule has 1 aliphatic rings. The first-order valence-electron chi connectivity index (χ1n) is 6.38. The van der Waals surface area contributed by atoms with Crippen molar-refractivity contribution < 1.29 is 17.6 Å². The molecule has 1 aliphatic carbocycles. The first-order chi connectivity index (χ1) is 9.52. The molecule has 20 heavy (non-hydrogen) atoms. The molecule has 1 N–H and O–H groups in total. The largest absolute Gasteiger partial charge is 0.439 e. The lowest BCUT2D eigenvalue weighted by atomic mass is 10.1. The summed E-state index contributed by atoms with van der Waals surface area (Å²) in [5, 5.41) is 3.26. The van der Waals surface area contributed by atoms with Crippen LogP contribution < -0.4 is 5.32 Å². The maximum absolute atomic E-state index is 12.5. The SMILES string of the molecule is FC(F)(F)c1ccc(-c2cnc(CNC3CC3)o2)cc1. The molecule has 1 heterocycles. The number of nitrogens with zero attached hydrogens (tertiary/aromatic N) is 1. The minimum Gasteiger partial charge on any atom is -0.439 e. The van der Waals surface area contributed by atoms with Crippen molar-refractivity contribution in [3.05, 3.63) is 41.9 Å². The molecule has 6 heteroatoms. The Morgan fingerprint density at radius 1 is 1.20 bits per heavy atom. The molecule has 1 saturated carbocycles. The molecule has 2 aromatic rings. The second-order valence-corrected chi connectivity index (χ2v) is 4.85. The summed E-state index contributed by atoms with van der Waals surface area (Å²) >= 11 is 0. The van der Waals surface area contributed by atoms with Crippen molar-refractivity contribution in [2.45, 2.75) is 31.6 Å². The van der Waals surface area contributed by atoms with Gasteiger partial charge in [0.1, 0.15) is 0 Å². The molecule has 0 radical (unpaired) electrons. The molecule has 1 aromatic heterocycles. The smallest absolute Gasteiger partial charge is 0.416 e. The minimum atomic E-state index is -4.32. The van der Waals surface area contributed by atoms with E-state index in [4.69, 9.17) is 4.42 Å². The first-order valence-corrected chi connectivity index (χ1v) is 6.38. The number of halogens is 3. The maximum Gasteiger partial charge on any atom is 0.416 e. The topological polar surface area (TPSA) is 38.1 Å². The summed E-state index contributed by atoms with van der Waals surface area (Å²) in [4.78, 5) is 4.11. The van der Waals surface area contributed by atoms with Crippen molar-refractivity contribution in [3.8, 4) is 11.3 Å². The van der Waals surface area contributed by atoms with Crippen LogP contribution in [0, 0.1) is 0 Å². The van der Waals surface area contributed by atoms with E-state index in [0.717, 1.165) is 12.1 Å². The quantitative estimate of drug-likeness (QED) is 0.931. The van der Waals surface area contributed by atoms with Gasteiger partial charge >= 0.3 is 6.18 Å². The predicted molar refractivity (Wildman–Crippen MR) is 66.8 cm³/mol. The van der Waals surface area contributed by atoms with Gasteiger partial charge in [-0.2, -0.15) is 13.2 Å². The second kappa shape index (κ2) is 4.94. The van der Waals surface area contributed by atoms with Gasteiger partial charge in [0.25, 0.3) is 0 Å². The van der Waals surface area contributed by atoms with Gasteiger partial charge in [-0.15, -0.1) is 0 Å². The van der Waals surface area contributed by atoms with Gasteiger partial charge in [-0.1, -0.05) is 12.1 Å². The van der Waals surface area contributed by atoms with Crippen molar-refractivity contribution in [2.75, 3.05) is 0 Å². The highest BCUT2D eigenvalue weighted by atomic mass is 19.4. The van der Waals surface area contributed by atoms with Crippen LogP contribution >= 0.6 is 0 Å². The first kappa shape index (κ1) is 13.2. The zero-order valence-corrected chi connectivity index (χ0v) is 10.6. The van der Waals surface area contributed by atoms with E-state index >= 15 is 0 Å². The zero-order valence-electron chi connectivity index (χ0n) is 10.6. The number of benzene rings is 1. The van der Waals surface area contributed by atoms with Gasteiger partial charge in [0, 0.05) is 11.6 Å². The molecule has 1 fully saturated rings. The van der Waals surface area contributed by atoms with Gasteiger partial charge in [-0.25, -0.2) is 4.98 Å². The second-order valence-electron chi connectivity index (χ2n) is 4.85. The van der Waals surface area contributed by atoms with Crippen LogP contribution in [0.5, 0.6) is 0 Å². The Balaban J connectivity index is 1.71. The third-order valence-electron chi connectivity index (χ3n) is 3.17. The van der Waals surface area contributed by atoms with E-state index in [1.807, 2.05) is 0 Å². The summed E-state index contributed by atoms with van der Waals surface area (Å²) in [5.74, 6) is 1.03. The number of alkyl halides is 3. The highest BCUT2D eigenvalue weighted by molar-refractivity contribution is 5.56. The van der Waals surface area contributed by atoms with Gasteiger partial charge in [-0.05, 0) is 25.0 Å². The van der Waals surface area contributed by atoms with Crippen LogP contribution in [-0.2, 0) is 12.7 Å². The number of nitrogens with one attached hydrogen (secondary N) is 1. The van der Waals surface area contributed by atoms with E-state index in [9.17, 15) is 13.2 Å². The lowest BCUT2D eigenvalue weighted by Crippen LogP contribution is -2.15. The lowest BCUT2D eigenvalue weighted by molar-refractivity contribution is -0.137. The van der Waals surface area contributed by atoms with Gasteiger partial charge in [0.2, 0.25) is 5.89 Å². The van der Waals surface area contributed by atoms with Gasteiger partial charge in [0.05, 0.1) is 18.3 Å². The zero-order chi connectivity index (χ0) is 14.2. The van der Waals surface area contributed by atoms with Crippen LogP contribution in [0.25, 0.3) is 11.3 Å². The highest BCUT2D eigenvalue weighted by Gasteiger charge is 2.30. The Labute approximate surface area is 113 Å². The van der Waals surface area contributed by atoms with Crippen LogP contribution in [0.4, 0.5) is 13.2 Å². The molecule has 3 nitrogen and oxygen atoms in total. The third-order valence-corrected chi connectivity index (χ3v) is 3.17. The number of rotatable bonds is 4. The summed E-state index contributed by atoms with van der Waals surface area (Å²) in [7, 11) is 0. The van der Waals surface area contributed by atoms with E-state index in [1.54, 1.807) is 0 Å². The normalized spacial score (nSPS) is 15.6. The minimum absolute atomic E-state index is 0.478. The van der Waals surface area contributed by atoms with E-state index < -0.39 is 11.7 Å². The highest BCUT2D eigenvalue weighted by Crippen LogP contribution is 2.31. The lowest BCUT2D eigenvalue weighted by Gasteiger charge is -2.06. The van der Waals surface area contributed by atoms with Crippen molar-refractivity contribution in [3.63, 3.8) is 0 Å². The molecule has 0 amide bonds. The summed E-state index contributed by atoms with van der Waals surface area (Å²) in [6, 6.07) is 5.42. The maximum atomic E-state index is 12.5. The molecule has 0 saturated heterocycles. The Bertz CT molecular complexity index is 585. The van der Waals surface area contributed by atoms with Crippen LogP contribution in [0.2, 0.25) is 0 Å². The monoisotopic (exact) mass is 282 g/mol. The van der Waals surface area contributed by atoms with Crippen molar-refractivity contribution >= 4 is 0 Å². The Morgan fingerprint density at radius 3 is 2.50 bits per heavy atom. The van der Waals surface area contributed by atoms with Gasteiger partial charge < -0.3 is 9.73 Å². The van der Waals surface area contributed by atoms with Crippen molar-refractivity contribution in [1.82, 2.24) is 10.3 Å². The van der Waals surface area contributed by atoms with Crippen LogP contribution in [0.1, 0.15) is 24.3 Å². The molecule has 106 valence electrons. The number of hydrogen-bond acceptors (Lipinski definition) is 3. The Kier molecular flexibility index (Phi) is 3.25. The molecule has 0 unspecified atom stereocenters. The van der Waals surface area contributed by atoms with Crippen molar-refractivity contribution in [1.29, 1.82) is 0 Å².